The van der Waals surface area contributed by atoms with Crippen molar-refractivity contribution in [3.63, 3.8) is 0 Å². The number of imidazole rings is 1. The molecule has 5 nitrogen and oxygen atoms in total. The minimum Gasteiger partial charge on any atom is -0.456 e. The Kier molecular flexibility index (Phi) is 6.48. The largest absolute Gasteiger partial charge is 0.456 e. The fourth-order valence-corrected chi connectivity index (χ4v) is 4.53. The molecule has 1 N–H and O–H groups in total. The van der Waals surface area contributed by atoms with Crippen LogP contribution in [-0.4, -0.2) is 42.1 Å². The fourth-order valence-electron chi connectivity index (χ4n) is 4.53. The molecule has 0 radical (unpaired) electrons. The van der Waals surface area contributed by atoms with E-state index in [0.29, 0.717) is 6.61 Å². The highest BCUT2D eigenvalue weighted by Gasteiger charge is 2.30. The topological polar surface area (TPSA) is 50.4 Å². The Balaban J connectivity index is 1.57. The molecule has 5 rings (SSSR count). The van der Waals surface area contributed by atoms with Gasteiger partial charge in [0.1, 0.15) is 29.1 Å². The number of hydrogen-bond donors (Lipinski definition) is 1. The van der Waals surface area contributed by atoms with E-state index in [4.69, 9.17) is 14.5 Å². The van der Waals surface area contributed by atoms with Crippen LogP contribution in [0.5, 0.6) is 11.5 Å². The van der Waals surface area contributed by atoms with E-state index in [1.807, 2.05) is 42.5 Å². The van der Waals surface area contributed by atoms with Gasteiger partial charge in [0.05, 0.1) is 5.69 Å². The van der Waals surface area contributed by atoms with Crippen molar-refractivity contribution in [1.82, 2.24) is 14.9 Å². The van der Waals surface area contributed by atoms with Gasteiger partial charge in [0.2, 0.25) is 0 Å². The van der Waals surface area contributed by atoms with Crippen LogP contribution in [0.3, 0.4) is 0 Å². The number of para-hydroxylation sites is 2. The number of nitrogens with one attached hydrogen (secondary N) is 1. The lowest BCUT2D eigenvalue weighted by Gasteiger charge is -2.24. The molecule has 4 aromatic rings. The predicted molar refractivity (Wildman–Crippen MR) is 136 cm³/mol. The van der Waals surface area contributed by atoms with Gasteiger partial charge in [-0.3, -0.25) is 0 Å². The van der Waals surface area contributed by atoms with E-state index in [1.54, 1.807) is 0 Å². The lowest BCUT2D eigenvalue weighted by molar-refractivity contribution is 0.0275. The molecule has 1 aliphatic heterocycles. The summed E-state index contributed by atoms with van der Waals surface area (Å²) in [4.78, 5) is 11.0. The predicted octanol–water partition coefficient (Wildman–Crippen LogP) is 6.66. The van der Waals surface area contributed by atoms with Gasteiger partial charge >= 0.3 is 0 Å². The van der Waals surface area contributed by atoms with Crippen molar-refractivity contribution in [2.24, 2.45) is 0 Å². The van der Waals surface area contributed by atoms with E-state index >= 15 is 0 Å². The van der Waals surface area contributed by atoms with Gasteiger partial charge in [0.15, 0.2) is 0 Å². The highest BCUT2D eigenvalue weighted by Crippen LogP contribution is 2.46. The second kappa shape index (κ2) is 9.84. The number of aromatic amines is 1. The lowest BCUT2D eigenvalue weighted by atomic mass is 9.95. The molecule has 1 aliphatic rings. The SMILES string of the molecule is CC(c1ccccc1)C(OCCCN(C)C)c1nc2c([nH]1)-c1ccccc1Oc1ccccc1-2. The average Bonchev–Trinajstić information content (AvgIpc) is 3.24. The first-order valence-corrected chi connectivity index (χ1v) is 11.9. The Morgan fingerprint density at radius 2 is 1.53 bits per heavy atom. The lowest BCUT2D eigenvalue weighted by Crippen LogP contribution is -2.18. The maximum atomic E-state index is 6.53. The van der Waals surface area contributed by atoms with Crippen LogP contribution >= 0.6 is 0 Å². The zero-order valence-corrected chi connectivity index (χ0v) is 20.0. The molecule has 3 aromatic carbocycles. The van der Waals surface area contributed by atoms with E-state index in [9.17, 15) is 0 Å². The highest BCUT2D eigenvalue weighted by atomic mass is 16.5. The van der Waals surface area contributed by atoms with Crippen LogP contribution in [0.2, 0.25) is 0 Å². The molecule has 0 spiro atoms. The van der Waals surface area contributed by atoms with E-state index in [-0.39, 0.29) is 12.0 Å². The zero-order valence-electron chi connectivity index (χ0n) is 20.0. The third-order valence-electron chi connectivity index (χ3n) is 6.34. The summed E-state index contributed by atoms with van der Waals surface area (Å²) < 4.78 is 12.8. The van der Waals surface area contributed by atoms with Gasteiger partial charge < -0.3 is 19.4 Å². The van der Waals surface area contributed by atoms with Crippen LogP contribution in [0.25, 0.3) is 22.5 Å². The summed E-state index contributed by atoms with van der Waals surface area (Å²) >= 11 is 0. The van der Waals surface area contributed by atoms with E-state index in [0.717, 1.165) is 52.8 Å². The summed E-state index contributed by atoms with van der Waals surface area (Å²) in [5, 5.41) is 0. The van der Waals surface area contributed by atoms with Gasteiger partial charge in [-0.15, -0.1) is 0 Å². The minimum absolute atomic E-state index is 0.136. The van der Waals surface area contributed by atoms with Crippen LogP contribution in [-0.2, 0) is 4.74 Å². The molecule has 5 heteroatoms. The molecule has 2 heterocycles. The van der Waals surface area contributed by atoms with Crippen molar-refractivity contribution in [2.75, 3.05) is 27.2 Å². The summed E-state index contributed by atoms with van der Waals surface area (Å²) in [5.74, 6) is 2.62. The van der Waals surface area contributed by atoms with Crippen molar-refractivity contribution in [3.8, 4) is 34.0 Å². The number of ether oxygens (including phenoxy) is 2. The molecule has 0 amide bonds. The second-order valence-corrected chi connectivity index (χ2v) is 9.09. The van der Waals surface area contributed by atoms with E-state index < -0.39 is 0 Å². The summed E-state index contributed by atoms with van der Waals surface area (Å²) in [6, 6.07) is 26.7. The monoisotopic (exact) mass is 453 g/mol. The van der Waals surface area contributed by atoms with Crippen molar-refractivity contribution in [1.29, 1.82) is 0 Å². The van der Waals surface area contributed by atoms with Gasteiger partial charge in [0, 0.05) is 23.7 Å². The quantitative estimate of drug-likeness (QED) is 0.267. The van der Waals surface area contributed by atoms with E-state index in [1.165, 1.54) is 5.56 Å². The molecule has 2 unspecified atom stereocenters. The minimum atomic E-state index is -0.197. The molecule has 34 heavy (non-hydrogen) atoms. The standard InChI is InChI=1S/C29H31N3O2/c1-20(21-12-5-4-6-13-21)28(33-19-11-18-32(2)3)29-30-26-22-14-7-9-16-24(22)34-25-17-10-8-15-23(25)27(26)31-29/h4-10,12-17,20,28H,11,18-19H2,1-3H3,(H,30,31). The van der Waals surface area contributed by atoms with Gasteiger partial charge in [-0.25, -0.2) is 4.98 Å². The average molecular weight is 454 g/mol. The van der Waals surface area contributed by atoms with Crippen LogP contribution in [0.4, 0.5) is 0 Å². The molecule has 0 saturated heterocycles. The molecule has 174 valence electrons. The number of nitrogens with zero attached hydrogens (tertiary/aromatic N) is 2. The van der Waals surface area contributed by atoms with Crippen LogP contribution in [0.15, 0.2) is 78.9 Å². The van der Waals surface area contributed by atoms with Crippen LogP contribution in [0, 0.1) is 0 Å². The first-order valence-electron chi connectivity index (χ1n) is 11.9. The second-order valence-electron chi connectivity index (χ2n) is 9.09. The van der Waals surface area contributed by atoms with E-state index in [2.05, 4.69) is 67.3 Å². The Morgan fingerprint density at radius 1 is 0.882 bits per heavy atom. The van der Waals surface area contributed by atoms with Gasteiger partial charge in [-0.2, -0.15) is 0 Å². The van der Waals surface area contributed by atoms with Gasteiger partial charge in [0.25, 0.3) is 0 Å². The number of fused-ring (bicyclic) bond motifs is 5. The van der Waals surface area contributed by atoms with Crippen molar-refractivity contribution in [2.45, 2.75) is 25.4 Å². The highest BCUT2D eigenvalue weighted by molar-refractivity contribution is 5.86. The van der Waals surface area contributed by atoms with Crippen molar-refractivity contribution < 1.29 is 9.47 Å². The van der Waals surface area contributed by atoms with Crippen LogP contribution in [0.1, 0.15) is 36.8 Å². The Bertz CT molecular complexity index is 1190. The van der Waals surface area contributed by atoms with Gasteiger partial charge in [-0.05, 0) is 56.9 Å². The first kappa shape index (κ1) is 22.4. The summed E-state index contributed by atoms with van der Waals surface area (Å²) in [7, 11) is 4.18. The summed E-state index contributed by atoms with van der Waals surface area (Å²) in [5.41, 5.74) is 5.09. The number of H-pyrrole nitrogens is 1. The molecule has 0 bridgehead atoms. The molecule has 0 saturated carbocycles. The Morgan fingerprint density at radius 3 is 2.26 bits per heavy atom. The Labute approximate surface area is 201 Å². The van der Waals surface area contributed by atoms with Gasteiger partial charge in [-0.1, -0.05) is 61.5 Å². The normalized spacial score (nSPS) is 13.9. The summed E-state index contributed by atoms with van der Waals surface area (Å²) in [6.07, 6.45) is 0.766. The molecular formula is C29H31N3O2. The van der Waals surface area contributed by atoms with Crippen LogP contribution < -0.4 is 4.74 Å². The summed E-state index contributed by atoms with van der Waals surface area (Å²) in [6.45, 7) is 3.87. The smallest absolute Gasteiger partial charge is 0.137 e. The molecule has 0 aliphatic carbocycles. The third kappa shape index (κ3) is 4.49. The maximum Gasteiger partial charge on any atom is 0.137 e. The van der Waals surface area contributed by atoms with Crippen molar-refractivity contribution >= 4 is 0 Å². The third-order valence-corrected chi connectivity index (χ3v) is 6.34. The zero-order chi connectivity index (χ0) is 23.5. The number of aromatic nitrogens is 2. The number of hydrogen-bond acceptors (Lipinski definition) is 4. The fraction of sp³-hybridized carbons (Fsp3) is 0.276. The first-order chi connectivity index (χ1) is 16.6. The molecular weight excluding hydrogens is 422 g/mol. The molecule has 1 aromatic heterocycles. The molecule has 2 atom stereocenters. The number of rotatable bonds is 8. The maximum absolute atomic E-state index is 6.53. The molecule has 0 fully saturated rings. The Hall–Kier alpha value is -3.41. The number of benzene rings is 3. The van der Waals surface area contributed by atoms with Crippen molar-refractivity contribution in [3.05, 3.63) is 90.3 Å².